The molecule has 2 rings (SSSR count). The molecule has 84 valence electrons. The lowest BCUT2D eigenvalue weighted by Gasteiger charge is -2.06. The topological polar surface area (TPSA) is 16.1 Å². The molecule has 0 amide bonds. The van der Waals surface area contributed by atoms with Crippen molar-refractivity contribution in [1.29, 1.82) is 0 Å². The number of aromatic nitrogens is 1. The van der Waals surface area contributed by atoms with Gasteiger partial charge in [0.15, 0.2) is 0 Å². The van der Waals surface area contributed by atoms with E-state index in [1.807, 2.05) is 11.3 Å². The van der Waals surface area contributed by atoms with E-state index in [9.17, 15) is 0 Å². The van der Waals surface area contributed by atoms with E-state index in [4.69, 9.17) is 4.98 Å². The van der Waals surface area contributed by atoms with Crippen molar-refractivity contribution in [3.63, 3.8) is 0 Å². The molecule has 2 heterocycles. The maximum atomic E-state index is 4.72. The average molecular weight is 242 g/mol. The Balaban J connectivity index is 1.94. The number of rotatable bonds is 4. The summed E-state index contributed by atoms with van der Waals surface area (Å²) < 4.78 is 0. The monoisotopic (exact) mass is 242 g/mol. The summed E-state index contributed by atoms with van der Waals surface area (Å²) in [6, 6.07) is 0. The highest BCUT2D eigenvalue weighted by Crippen LogP contribution is 2.27. The van der Waals surface area contributed by atoms with Gasteiger partial charge in [0.2, 0.25) is 0 Å². The predicted octanol–water partition coefficient (Wildman–Crippen LogP) is 2.42. The van der Waals surface area contributed by atoms with Crippen LogP contribution in [-0.2, 0) is 6.42 Å². The van der Waals surface area contributed by atoms with Crippen LogP contribution in [0.3, 0.4) is 0 Å². The molecule has 0 bridgehead atoms. The Morgan fingerprint density at radius 3 is 3.20 bits per heavy atom. The first-order chi connectivity index (χ1) is 7.29. The fraction of sp³-hybridized carbons (Fsp3) is 0.727. The molecule has 1 saturated heterocycles. The van der Waals surface area contributed by atoms with Gasteiger partial charge in [0.25, 0.3) is 0 Å². The molecular weight excluding hydrogens is 224 g/mol. The van der Waals surface area contributed by atoms with Crippen LogP contribution in [0.15, 0.2) is 5.38 Å². The van der Waals surface area contributed by atoms with Gasteiger partial charge in [-0.1, -0.05) is 0 Å². The first-order valence-electron chi connectivity index (χ1n) is 5.53. The second kappa shape index (κ2) is 5.32. The molecule has 1 fully saturated rings. The number of likely N-dealkylation sites (tertiary alicyclic amines) is 1. The van der Waals surface area contributed by atoms with Crippen LogP contribution in [-0.4, -0.2) is 35.8 Å². The summed E-state index contributed by atoms with van der Waals surface area (Å²) >= 11 is 6.04. The maximum Gasteiger partial charge on any atom is 0.0928 e. The molecule has 2 nitrogen and oxygen atoms in total. The third-order valence-electron chi connectivity index (χ3n) is 2.93. The Labute approximate surface area is 101 Å². The van der Waals surface area contributed by atoms with Crippen molar-refractivity contribution in [2.45, 2.75) is 25.2 Å². The Morgan fingerprint density at radius 1 is 1.67 bits per heavy atom. The number of thiol groups is 1. The van der Waals surface area contributed by atoms with E-state index in [-0.39, 0.29) is 0 Å². The van der Waals surface area contributed by atoms with Gasteiger partial charge in [-0.2, -0.15) is 12.6 Å². The van der Waals surface area contributed by atoms with Crippen LogP contribution >= 0.6 is 24.0 Å². The Bertz CT molecular complexity index is 311. The fourth-order valence-electron chi connectivity index (χ4n) is 2.03. The normalized spacial score (nSPS) is 22.4. The third-order valence-corrected chi connectivity index (χ3v) is 4.17. The van der Waals surface area contributed by atoms with Gasteiger partial charge in [0.05, 0.1) is 10.7 Å². The predicted molar refractivity (Wildman–Crippen MR) is 69.1 cm³/mol. The van der Waals surface area contributed by atoms with Gasteiger partial charge in [0.1, 0.15) is 0 Å². The summed E-state index contributed by atoms with van der Waals surface area (Å²) in [7, 11) is 2.19. The van der Waals surface area contributed by atoms with E-state index < -0.39 is 0 Å². The molecular formula is C11H18N2S2. The van der Waals surface area contributed by atoms with Crippen LogP contribution in [0.5, 0.6) is 0 Å². The van der Waals surface area contributed by atoms with Gasteiger partial charge in [-0.3, -0.25) is 0 Å². The molecule has 0 spiro atoms. The smallest absolute Gasteiger partial charge is 0.0928 e. The van der Waals surface area contributed by atoms with Gasteiger partial charge in [-0.15, -0.1) is 11.3 Å². The van der Waals surface area contributed by atoms with Crippen LogP contribution in [0.25, 0.3) is 0 Å². The number of hydrogen-bond donors (Lipinski definition) is 1. The van der Waals surface area contributed by atoms with E-state index in [0.717, 1.165) is 18.6 Å². The van der Waals surface area contributed by atoms with Crippen LogP contribution in [0.1, 0.15) is 29.5 Å². The highest BCUT2D eigenvalue weighted by Gasteiger charge is 2.22. The molecule has 4 heteroatoms. The van der Waals surface area contributed by atoms with Gasteiger partial charge >= 0.3 is 0 Å². The number of nitrogens with zero attached hydrogens (tertiary/aromatic N) is 2. The minimum absolute atomic E-state index is 0.677. The summed E-state index contributed by atoms with van der Waals surface area (Å²) in [4.78, 5) is 7.11. The highest BCUT2D eigenvalue weighted by atomic mass is 32.1. The summed E-state index contributed by atoms with van der Waals surface area (Å²) in [6.45, 7) is 2.39. The zero-order chi connectivity index (χ0) is 10.7. The van der Waals surface area contributed by atoms with Crippen LogP contribution in [0.2, 0.25) is 0 Å². The zero-order valence-corrected chi connectivity index (χ0v) is 10.9. The summed E-state index contributed by atoms with van der Waals surface area (Å²) in [5, 5.41) is 3.53. The first-order valence-corrected chi connectivity index (χ1v) is 7.04. The number of aryl methyl sites for hydroxylation is 1. The largest absolute Gasteiger partial charge is 0.306 e. The fourth-order valence-corrected chi connectivity index (χ4v) is 3.11. The number of thiazole rings is 1. The quantitative estimate of drug-likeness (QED) is 0.816. The molecule has 0 N–H and O–H groups in total. The van der Waals surface area contributed by atoms with Crippen molar-refractivity contribution in [1.82, 2.24) is 9.88 Å². The molecule has 0 aliphatic carbocycles. The second-order valence-corrected chi connectivity index (χ2v) is 5.63. The first kappa shape index (κ1) is 11.4. The van der Waals surface area contributed by atoms with Crippen LogP contribution < -0.4 is 0 Å². The van der Waals surface area contributed by atoms with Gasteiger partial charge in [-0.25, -0.2) is 4.98 Å². The molecule has 15 heavy (non-hydrogen) atoms. The molecule has 0 radical (unpaired) electrons. The zero-order valence-electron chi connectivity index (χ0n) is 9.15. The van der Waals surface area contributed by atoms with E-state index in [1.165, 1.54) is 30.2 Å². The molecule has 1 unspecified atom stereocenters. The Kier molecular flexibility index (Phi) is 4.05. The number of hydrogen-bond acceptors (Lipinski definition) is 4. The Hall–Kier alpha value is -0.0600. The lowest BCUT2D eigenvalue weighted by atomic mass is 10.1. The summed E-state index contributed by atoms with van der Waals surface area (Å²) in [5.74, 6) is 1.64. The average Bonchev–Trinajstić information content (AvgIpc) is 2.83. The van der Waals surface area contributed by atoms with Crippen molar-refractivity contribution < 1.29 is 0 Å². The van der Waals surface area contributed by atoms with Gasteiger partial charge in [-0.05, 0) is 32.2 Å². The van der Waals surface area contributed by atoms with Gasteiger partial charge in [0, 0.05) is 24.3 Å². The summed E-state index contributed by atoms with van der Waals surface area (Å²) in [5.41, 5.74) is 1.32. The van der Waals surface area contributed by atoms with E-state index in [1.54, 1.807) is 0 Å². The van der Waals surface area contributed by atoms with Crippen molar-refractivity contribution in [3.8, 4) is 0 Å². The molecule has 1 aromatic heterocycles. The highest BCUT2D eigenvalue weighted by molar-refractivity contribution is 7.80. The van der Waals surface area contributed by atoms with Gasteiger partial charge < -0.3 is 4.90 Å². The van der Waals surface area contributed by atoms with E-state index in [0.29, 0.717) is 5.92 Å². The maximum absolute atomic E-state index is 4.72. The minimum atomic E-state index is 0.677. The van der Waals surface area contributed by atoms with Crippen LogP contribution in [0.4, 0.5) is 0 Å². The lowest BCUT2D eigenvalue weighted by Crippen LogP contribution is -2.13. The van der Waals surface area contributed by atoms with Crippen LogP contribution in [0, 0.1) is 0 Å². The van der Waals surface area contributed by atoms with E-state index >= 15 is 0 Å². The molecule has 1 aliphatic rings. The lowest BCUT2D eigenvalue weighted by molar-refractivity contribution is 0.411. The van der Waals surface area contributed by atoms with Crippen molar-refractivity contribution in [3.05, 3.63) is 16.1 Å². The molecule has 0 aromatic carbocycles. The van der Waals surface area contributed by atoms with Crippen molar-refractivity contribution in [2.75, 3.05) is 25.9 Å². The molecule has 1 aliphatic heterocycles. The summed E-state index contributed by atoms with van der Waals surface area (Å²) in [6.07, 6.45) is 3.50. The number of likely N-dealkylation sites (N-methyl/N-ethyl adjacent to an activating group) is 1. The Morgan fingerprint density at radius 2 is 2.53 bits per heavy atom. The molecule has 1 aromatic rings. The standard InChI is InChI=1S/C11H18N2S2/c1-13-5-4-9(7-13)10-8-15-11(12-10)3-2-6-14/h8-9,14H,2-7H2,1H3. The molecule has 0 saturated carbocycles. The van der Waals surface area contributed by atoms with Crippen molar-refractivity contribution in [2.24, 2.45) is 0 Å². The minimum Gasteiger partial charge on any atom is -0.306 e. The second-order valence-electron chi connectivity index (χ2n) is 4.24. The SMILES string of the molecule is CN1CCC(c2csc(CCCS)n2)C1. The van der Waals surface area contributed by atoms with Crippen molar-refractivity contribution >= 4 is 24.0 Å². The van der Waals surface area contributed by atoms with E-state index in [2.05, 4.69) is 30.0 Å². The molecule has 1 atom stereocenters. The third kappa shape index (κ3) is 2.95.